The van der Waals surface area contributed by atoms with Gasteiger partial charge in [-0.1, -0.05) is 58.9 Å². The molecule has 0 spiro atoms. The Balaban J connectivity index is 0. The second kappa shape index (κ2) is 19.4. The Kier molecular flexibility index (Phi) is 20.0. The molecule has 0 aliphatic carbocycles. The minimum Gasteiger partial charge on any atom is -0.395 e. The van der Waals surface area contributed by atoms with Gasteiger partial charge in [0.25, 0.3) is 0 Å². The smallest absolute Gasteiger partial charge is 0.0651 e. The van der Waals surface area contributed by atoms with Gasteiger partial charge >= 0.3 is 0 Å². The van der Waals surface area contributed by atoms with Gasteiger partial charge in [0.15, 0.2) is 0 Å². The van der Waals surface area contributed by atoms with E-state index in [2.05, 4.69) is 35.6 Å². The van der Waals surface area contributed by atoms with Crippen LogP contribution >= 0.6 is 11.6 Å². The molecule has 0 amide bonds. The average Bonchev–Trinajstić information content (AvgIpc) is 2.70. The lowest BCUT2D eigenvalue weighted by atomic mass is 10.1. The van der Waals surface area contributed by atoms with Gasteiger partial charge in [-0.25, -0.2) is 0 Å². The summed E-state index contributed by atoms with van der Waals surface area (Å²) in [7, 11) is 0. The van der Waals surface area contributed by atoms with E-state index in [1.165, 1.54) is 5.54 Å². The number of aromatic nitrogens is 1. The summed E-state index contributed by atoms with van der Waals surface area (Å²) in [5, 5.41) is 14.2. The van der Waals surface area contributed by atoms with Crippen molar-refractivity contribution in [3.8, 4) is 0 Å². The molecular formula is C22H40ClN3O. The van der Waals surface area contributed by atoms with E-state index >= 15 is 0 Å². The van der Waals surface area contributed by atoms with E-state index in [9.17, 15) is 0 Å². The van der Waals surface area contributed by atoms with Crippen molar-refractivity contribution >= 4 is 29.9 Å². The first kappa shape index (κ1) is 27.9. The molecule has 0 aliphatic rings. The van der Waals surface area contributed by atoms with Gasteiger partial charge in [-0.05, 0) is 45.0 Å². The predicted molar refractivity (Wildman–Crippen MR) is 123 cm³/mol. The van der Waals surface area contributed by atoms with Crippen molar-refractivity contribution in [1.29, 1.82) is 0 Å². The summed E-state index contributed by atoms with van der Waals surface area (Å²) < 4.78 is 0. The van der Waals surface area contributed by atoms with E-state index < -0.39 is 0 Å². The van der Waals surface area contributed by atoms with Crippen LogP contribution in [0.1, 0.15) is 54.4 Å². The van der Waals surface area contributed by atoms with Crippen molar-refractivity contribution < 1.29 is 5.11 Å². The molecule has 1 aromatic rings. The number of pyridine rings is 1. The topological polar surface area (TPSA) is 48.4 Å². The first-order valence-electron chi connectivity index (χ1n) is 10.1. The first-order chi connectivity index (χ1) is 13.1. The van der Waals surface area contributed by atoms with Crippen LogP contribution in [0.25, 0.3) is 12.7 Å². The average molecular weight is 398 g/mol. The van der Waals surface area contributed by atoms with Crippen molar-refractivity contribution in [2.24, 2.45) is 0 Å². The summed E-state index contributed by atoms with van der Waals surface area (Å²) in [5.41, 5.74) is 2.50. The second-order valence-corrected chi connectivity index (χ2v) is 5.80. The Morgan fingerprint density at radius 3 is 2.52 bits per heavy atom. The minimum absolute atomic E-state index is 0.220. The largest absolute Gasteiger partial charge is 0.395 e. The molecule has 2 N–H and O–H groups in total. The predicted octanol–water partition coefficient (Wildman–Crippen LogP) is 3.97. The number of allylic oxidation sites excluding steroid dienone is 1. The van der Waals surface area contributed by atoms with Gasteiger partial charge in [-0.15, -0.1) is 0 Å². The second-order valence-electron chi connectivity index (χ2n) is 5.55. The lowest BCUT2D eigenvalue weighted by Gasteiger charge is -2.21. The number of aliphatic hydroxyl groups excluding tert-OH is 1. The van der Waals surface area contributed by atoms with Crippen LogP contribution < -0.4 is 15.9 Å². The summed E-state index contributed by atoms with van der Waals surface area (Å²) >= 11 is 5.60. The molecule has 0 radical (unpaired) electrons. The first-order valence-corrected chi connectivity index (χ1v) is 10.6. The number of halogens is 1. The van der Waals surface area contributed by atoms with Crippen LogP contribution in [-0.2, 0) is 0 Å². The SMILES string of the molecule is C=c1nccc(NC(C)CCCN(CC)CCO)/c1=C/C=C/Cl.CC.CC. The Hall–Kier alpha value is -1.36. The minimum atomic E-state index is 0.220. The summed E-state index contributed by atoms with van der Waals surface area (Å²) in [4.78, 5) is 6.49. The number of aliphatic hydroxyl groups is 1. The highest BCUT2D eigenvalue weighted by Crippen LogP contribution is 2.06. The molecule has 156 valence electrons. The summed E-state index contributed by atoms with van der Waals surface area (Å²) in [6, 6.07) is 2.31. The van der Waals surface area contributed by atoms with Crippen molar-refractivity contribution in [2.75, 3.05) is 31.6 Å². The fourth-order valence-electron chi connectivity index (χ4n) is 2.49. The van der Waals surface area contributed by atoms with Crippen LogP contribution in [-0.4, -0.2) is 47.3 Å². The zero-order valence-corrected chi connectivity index (χ0v) is 18.9. The van der Waals surface area contributed by atoms with Gasteiger partial charge in [0, 0.05) is 35.2 Å². The van der Waals surface area contributed by atoms with Gasteiger partial charge in [-0.2, -0.15) is 0 Å². The van der Waals surface area contributed by atoms with Crippen molar-refractivity contribution in [2.45, 2.75) is 60.4 Å². The molecule has 0 saturated heterocycles. The molecular weight excluding hydrogens is 358 g/mol. The monoisotopic (exact) mass is 397 g/mol. The van der Waals surface area contributed by atoms with Crippen LogP contribution in [0.5, 0.6) is 0 Å². The molecule has 1 heterocycles. The molecule has 0 saturated carbocycles. The van der Waals surface area contributed by atoms with E-state index in [1.807, 2.05) is 39.8 Å². The highest BCUT2D eigenvalue weighted by Gasteiger charge is 2.06. The van der Waals surface area contributed by atoms with E-state index in [1.54, 1.807) is 12.3 Å². The summed E-state index contributed by atoms with van der Waals surface area (Å²) in [6.07, 6.45) is 7.60. The Morgan fingerprint density at radius 1 is 1.30 bits per heavy atom. The van der Waals surface area contributed by atoms with Crippen LogP contribution in [0.3, 0.4) is 0 Å². The maximum Gasteiger partial charge on any atom is 0.0651 e. The van der Waals surface area contributed by atoms with E-state index in [4.69, 9.17) is 16.7 Å². The normalized spacial score (nSPS) is 12.3. The van der Waals surface area contributed by atoms with Gasteiger partial charge in [-0.3, -0.25) is 4.98 Å². The Bertz CT molecular complexity index is 590. The quantitative estimate of drug-likeness (QED) is 0.627. The molecule has 0 bridgehead atoms. The number of likely N-dealkylation sites (N-methyl/N-ethyl adjacent to an activating group) is 1. The molecule has 0 fully saturated rings. The van der Waals surface area contributed by atoms with Gasteiger partial charge in [0.1, 0.15) is 0 Å². The number of hydrogen-bond donors (Lipinski definition) is 2. The molecule has 0 aromatic carbocycles. The number of anilines is 1. The summed E-state index contributed by atoms with van der Waals surface area (Å²) in [5.74, 6) is 0. The van der Waals surface area contributed by atoms with Gasteiger partial charge < -0.3 is 15.3 Å². The molecule has 1 rings (SSSR count). The molecule has 0 aliphatic heterocycles. The van der Waals surface area contributed by atoms with Crippen LogP contribution in [0.15, 0.2) is 23.9 Å². The molecule has 1 aromatic heterocycles. The highest BCUT2D eigenvalue weighted by molar-refractivity contribution is 6.25. The van der Waals surface area contributed by atoms with E-state index in [0.29, 0.717) is 6.04 Å². The third-order valence-corrected chi connectivity index (χ3v) is 3.93. The zero-order valence-electron chi connectivity index (χ0n) is 18.1. The van der Waals surface area contributed by atoms with Crippen molar-refractivity contribution in [1.82, 2.24) is 9.88 Å². The lowest BCUT2D eigenvalue weighted by molar-refractivity contribution is 0.199. The van der Waals surface area contributed by atoms with Crippen LogP contribution in [0.2, 0.25) is 0 Å². The molecule has 1 atom stereocenters. The fourth-order valence-corrected chi connectivity index (χ4v) is 2.56. The summed E-state index contributed by atoms with van der Waals surface area (Å²) in [6.45, 7) is 19.2. The number of nitrogens with one attached hydrogen (secondary N) is 1. The number of hydrogen-bond acceptors (Lipinski definition) is 4. The third-order valence-electron chi connectivity index (χ3n) is 3.79. The van der Waals surface area contributed by atoms with Crippen LogP contribution in [0, 0.1) is 0 Å². The maximum atomic E-state index is 9.01. The van der Waals surface area contributed by atoms with Crippen molar-refractivity contribution in [3.05, 3.63) is 34.4 Å². The Morgan fingerprint density at radius 2 is 1.96 bits per heavy atom. The Labute approximate surface area is 171 Å². The highest BCUT2D eigenvalue weighted by atomic mass is 35.5. The number of rotatable bonds is 10. The van der Waals surface area contributed by atoms with Crippen LogP contribution in [0.4, 0.5) is 5.69 Å². The lowest BCUT2D eigenvalue weighted by Crippen LogP contribution is -2.32. The number of nitrogens with zero attached hydrogens (tertiary/aromatic N) is 2. The molecule has 5 heteroatoms. The molecule has 27 heavy (non-hydrogen) atoms. The maximum absolute atomic E-state index is 9.01. The molecule has 4 nitrogen and oxygen atoms in total. The zero-order chi connectivity index (χ0) is 21.1. The van der Waals surface area contributed by atoms with Gasteiger partial charge in [0.2, 0.25) is 0 Å². The van der Waals surface area contributed by atoms with E-state index in [-0.39, 0.29) is 6.61 Å². The third kappa shape index (κ3) is 12.6. The molecule has 1 unspecified atom stereocenters. The fraction of sp³-hybridized carbons (Fsp3) is 0.591. The standard InChI is InChI=1S/C18H28ClN3O.2C2H6/c1-4-22(13-14-23)12-6-7-15(2)21-18-9-11-20-16(3)17(18)8-5-10-19;2*1-2/h5,8-11,15,21,23H,3-4,6-7,12-14H2,1-2H3;2*1-2H3/b10-5+,17-8+;;. The van der Waals surface area contributed by atoms with Crippen molar-refractivity contribution in [3.63, 3.8) is 0 Å². The van der Waals surface area contributed by atoms with E-state index in [0.717, 1.165) is 48.7 Å². The van der Waals surface area contributed by atoms with Gasteiger partial charge in [0.05, 0.1) is 12.0 Å².